The van der Waals surface area contributed by atoms with Crippen LogP contribution in [0.4, 0.5) is 0 Å². The lowest BCUT2D eigenvalue weighted by Gasteiger charge is -2.17. The first kappa shape index (κ1) is 27.9. The molecule has 0 amide bonds. The highest BCUT2D eigenvalue weighted by Gasteiger charge is 2.16. The van der Waals surface area contributed by atoms with Gasteiger partial charge in [-0.2, -0.15) is 0 Å². The fourth-order valence-electron chi connectivity index (χ4n) is 2.86. The van der Waals surface area contributed by atoms with E-state index in [-0.39, 0.29) is 35.9 Å². The standard InChI is InChI=1S/C21H28N2O5.2ClH/c1-5-23(6-2)10-9-22-14-18-7-8-19(28-18)15-11-16(20(24)26-3)13-17(12-15)21(25)27-4;;/h7-8,11-13,22H,5-6,9-10,14H2,1-4H3;2*1H. The average Bonchev–Trinajstić information content (AvgIpc) is 3.21. The lowest BCUT2D eigenvalue weighted by molar-refractivity contribution is 0.0599. The molecule has 7 nitrogen and oxygen atoms in total. The number of methoxy groups -OCH3 is 2. The summed E-state index contributed by atoms with van der Waals surface area (Å²) in [5.41, 5.74) is 1.13. The fraction of sp³-hybridized carbons (Fsp3) is 0.429. The third-order valence-electron chi connectivity index (χ3n) is 4.52. The number of rotatable bonds is 10. The van der Waals surface area contributed by atoms with Crippen molar-refractivity contribution in [3.05, 3.63) is 47.2 Å². The summed E-state index contributed by atoms with van der Waals surface area (Å²) >= 11 is 0. The van der Waals surface area contributed by atoms with Gasteiger partial charge in [-0.05, 0) is 43.4 Å². The molecule has 1 aromatic heterocycles. The fourth-order valence-corrected chi connectivity index (χ4v) is 2.86. The van der Waals surface area contributed by atoms with Gasteiger partial charge in [0.05, 0.1) is 31.9 Å². The molecule has 2 aromatic rings. The van der Waals surface area contributed by atoms with Crippen LogP contribution in [0.3, 0.4) is 0 Å². The van der Waals surface area contributed by atoms with E-state index in [0.29, 0.717) is 17.9 Å². The summed E-state index contributed by atoms with van der Waals surface area (Å²) in [5.74, 6) is 0.280. The van der Waals surface area contributed by atoms with Gasteiger partial charge in [-0.3, -0.25) is 0 Å². The van der Waals surface area contributed by atoms with Gasteiger partial charge in [0.15, 0.2) is 0 Å². The molecule has 0 atom stereocenters. The summed E-state index contributed by atoms with van der Waals surface area (Å²) < 4.78 is 15.4. The highest BCUT2D eigenvalue weighted by molar-refractivity contribution is 5.97. The number of nitrogens with one attached hydrogen (secondary N) is 1. The van der Waals surface area contributed by atoms with E-state index in [1.807, 2.05) is 12.1 Å². The Morgan fingerprint density at radius 3 is 2.03 bits per heavy atom. The summed E-state index contributed by atoms with van der Waals surface area (Å²) in [4.78, 5) is 26.2. The first-order valence-corrected chi connectivity index (χ1v) is 9.36. The minimum atomic E-state index is -0.531. The van der Waals surface area contributed by atoms with Gasteiger partial charge in [-0.1, -0.05) is 13.8 Å². The van der Waals surface area contributed by atoms with Crippen LogP contribution in [-0.2, 0) is 16.0 Å². The quantitative estimate of drug-likeness (QED) is 0.426. The monoisotopic (exact) mass is 460 g/mol. The number of hydrogen-bond acceptors (Lipinski definition) is 7. The van der Waals surface area contributed by atoms with Crippen LogP contribution >= 0.6 is 24.8 Å². The first-order chi connectivity index (χ1) is 13.5. The Balaban J connectivity index is 0.00000420. The van der Waals surface area contributed by atoms with Crippen LogP contribution in [0, 0.1) is 0 Å². The highest BCUT2D eigenvalue weighted by Crippen LogP contribution is 2.25. The predicted octanol–water partition coefficient (Wildman–Crippen LogP) is 3.79. The molecule has 0 saturated carbocycles. The first-order valence-electron chi connectivity index (χ1n) is 9.36. The van der Waals surface area contributed by atoms with E-state index in [2.05, 4.69) is 24.1 Å². The molecule has 2 rings (SSSR count). The number of carbonyl (C=O) groups excluding carboxylic acids is 2. The minimum Gasteiger partial charge on any atom is -0.465 e. The van der Waals surface area contributed by atoms with E-state index in [0.717, 1.165) is 31.9 Å². The molecular weight excluding hydrogens is 431 g/mol. The molecule has 1 heterocycles. The van der Waals surface area contributed by atoms with Crippen molar-refractivity contribution in [1.82, 2.24) is 10.2 Å². The van der Waals surface area contributed by atoms with Gasteiger partial charge in [0.2, 0.25) is 0 Å². The van der Waals surface area contributed by atoms with Crippen LogP contribution < -0.4 is 5.32 Å². The Bertz CT molecular complexity index is 772. The van der Waals surface area contributed by atoms with E-state index >= 15 is 0 Å². The van der Waals surface area contributed by atoms with Gasteiger partial charge in [-0.25, -0.2) is 9.59 Å². The maximum atomic E-state index is 11.9. The Hall–Kier alpha value is -2.06. The maximum Gasteiger partial charge on any atom is 0.337 e. The number of benzene rings is 1. The second kappa shape index (κ2) is 14.0. The number of nitrogens with zero attached hydrogens (tertiary/aromatic N) is 1. The average molecular weight is 461 g/mol. The second-order valence-corrected chi connectivity index (χ2v) is 6.25. The van der Waals surface area contributed by atoms with Crippen molar-refractivity contribution in [3.63, 3.8) is 0 Å². The molecule has 0 unspecified atom stereocenters. The van der Waals surface area contributed by atoms with Crippen molar-refractivity contribution >= 4 is 36.8 Å². The van der Waals surface area contributed by atoms with Gasteiger partial charge < -0.3 is 24.1 Å². The number of halogens is 2. The summed E-state index contributed by atoms with van der Waals surface area (Å²) in [6, 6.07) is 8.41. The summed E-state index contributed by atoms with van der Waals surface area (Å²) in [7, 11) is 2.59. The van der Waals surface area contributed by atoms with Gasteiger partial charge in [0.1, 0.15) is 11.5 Å². The molecule has 0 fully saturated rings. The Morgan fingerprint density at radius 2 is 1.53 bits per heavy atom. The summed E-state index contributed by atoms with van der Waals surface area (Å²) in [6.07, 6.45) is 0. The van der Waals surface area contributed by atoms with Crippen molar-refractivity contribution in [1.29, 1.82) is 0 Å². The second-order valence-electron chi connectivity index (χ2n) is 6.25. The molecule has 0 aliphatic carbocycles. The molecule has 0 saturated heterocycles. The van der Waals surface area contributed by atoms with Crippen molar-refractivity contribution in [3.8, 4) is 11.3 Å². The van der Waals surface area contributed by atoms with Crippen molar-refractivity contribution in [2.75, 3.05) is 40.4 Å². The third-order valence-corrected chi connectivity index (χ3v) is 4.52. The number of likely N-dealkylation sites (N-methyl/N-ethyl adjacent to an activating group) is 1. The minimum absolute atomic E-state index is 0. The summed E-state index contributed by atoms with van der Waals surface area (Å²) in [6.45, 7) is 8.79. The molecular formula is C21H30Cl2N2O5. The molecule has 0 aliphatic heterocycles. The molecule has 168 valence electrons. The Kier molecular flexibility index (Phi) is 13.1. The van der Waals surface area contributed by atoms with Crippen molar-refractivity contribution in [2.24, 2.45) is 0 Å². The molecule has 0 spiro atoms. The molecule has 1 aromatic carbocycles. The van der Waals surface area contributed by atoms with E-state index in [1.165, 1.54) is 20.3 Å². The SMILES string of the molecule is CCN(CC)CCNCc1ccc(-c2cc(C(=O)OC)cc(C(=O)OC)c2)o1.Cl.Cl. The van der Waals surface area contributed by atoms with Crippen molar-refractivity contribution in [2.45, 2.75) is 20.4 Å². The van der Waals surface area contributed by atoms with Crippen LogP contribution in [0.1, 0.15) is 40.3 Å². The van der Waals surface area contributed by atoms with Gasteiger partial charge in [0, 0.05) is 18.7 Å². The zero-order valence-electron chi connectivity index (χ0n) is 17.7. The van der Waals surface area contributed by atoms with Crippen LogP contribution in [0.25, 0.3) is 11.3 Å². The highest BCUT2D eigenvalue weighted by atomic mass is 35.5. The third kappa shape index (κ3) is 7.65. The van der Waals surface area contributed by atoms with Crippen LogP contribution in [-0.4, -0.2) is 57.2 Å². The molecule has 30 heavy (non-hydrogen) atoms. The van der Waals surface area contributed by atoms with Crippen LogP contribution in [0.15, 0.2) is 34.7 Å². The van der Waals surface area contributed by atoms with Gasteiger partial charge in [-0.15, -0.1) is 24.8 Å². The van der Waals surface area contributed by atoms with E-state index < -0.39 is 11.9 Å². The molecule has 0 aliphatic rings. The number of esters is 2. The van der Waals surface area contributed by atoms with Gasteiger partial charge in [0.25, 0.3) is 0 Å². The molecule has 9 heteroatoms. The number of hydrogen-bond donors (Lipinski definition) is 1. The van der Waals surface area contributed by atoms with Gasteiger partial charge >= 0.3 is 11.9 Å². The smallest absolute Gasteiger partial charge is 0.337 e. The topological polar surface area (TPSA) is 81.0 Å². The van der Waals surface area contributed by atoms with E-state index in [9.17, 15) is 9.59 Å². The van der Waals surface area contributed by atoms with E-state index in [4.69, 9.17) is 13.9 Å². The lowest BCUT2D eigenvalue weighted by atomic mass is 10.0. The van der Waals surface area contributed by atoms with Crippen LogP contribution in [0.5, 0.6) is 0 Å². The maximum absolute atomic E-state index is 11.9. The lowest BCUT2D eigenvalue weighted by Crippen LogP contribution is -2.31. The largest absolute Gasteiger partial charge is 0.465 e. The number of furan rings is 1. The molecule has 1 N–H and O–H groups in total. The summed E-state index contributed by atoms with van der Waals surface area (Å²) in [5, 5.41) is 3.36. The van der Waals surface area contributed by atoms with Crippen molar-refractivity contribution < 1.29 is 23.5 Å². The molecule has 0 bridgehead atoms. The Labute approximate surface area is 189 Å². The Morgan fingerprint density at radius 1 is 0.967 bits per heavy atom. The normalized spacial score (nSPS) is 10.2. The number of carbonyl (C=O) groups is 2. The predicted molar refractivity (Wildman–Crippen MR) is 121 cm³/mol. The zero-order chi connectivity index (χ0) is 20.5. The molecule has 0 radical (unpaired) electrons. The number of ether oxygens (including phenoxy) is 2. The van der Waals surface area contributed by atoms with Crippen LogP contribution in [0.2, 0.25) is 0 Å². The van der Waals surface area contributed by atoms with E-state index in [1.54, 1.807) is 12.1 Å². The zero-order valence-corrected chi connectivity index (χ0v) is 19.4.